The van der Waals surface area contributed by atoms with E-state index in [1.54, 1.807) is 11.1 Å². The number of benzene rings is 1. The fraction of sp³-hybridized carbons (Fsp3) is 0.600. The summed E-state index contributed by atoms with van der Waals surface area (Å²) in [5, 5.41) is 0. The summed E-state index contributed by atoms with van der Waals surface area (Å²) in [6, 6.07) is 7.98. The zero-order valence-corrected chi connectivity index (χ0v) is 10.4. The van der Waals surface area contributed by atoms with Crippen molar-refractivity contribution in [2.75, 3.05) is 13.1 Å². The molecule has 1 heteroatoms. The summed E-state index contributed by atoms with van der Waals surface area (Å²) in [6.07, 6.45) is 3.94. The average Bonchev–Trinajstić information content (AvgIpc) is 3.11. The average molecular weight is 215 g/mol. The van der Waals surface area contributed by atoms with Gasteiger partial charge in [0, 0.05) is 19.1 Å². The topological polar surface area (TPSA) is 3.01 Å². The van der Waals surface area contributed by atoms with Crippen molar-refractivity contribution < 1.29 is 0 Å². The first-order valence-electron chi connectivity index (χ1n) is 6.60. The van der Waals surface area contributed by atoms with Crippen molar-refractivity contribution >= 4 is 0 Å². The minimum atomic E-state index is 0.659. The number of fused-ring (bicyclic) bond motifs is 1. The number of rotatable bonds is 2. The van der Waals surface area contributed by atoms with Crippen LogP contribution < -0.4 is 0 Å². The third-order valence-corrected chi connectivity index (χ3v) is 4.10. The minimum absolute atomic E-state index is 0.659. The molecule has 1 unspecified atom stereocenters. The van der Waals surface area contributed by atoms with Crippen LogP contribution in [0.3, 0.4) is 0 Å². The molecule has 0 spiro atoms. The molecule has 2 aliphatic rings. The third-order valence-electron chi connectivity index (χ3n) is 4.10. The molecular weight excluding hydrogens is 194 g/mol. The number of hydrogen-bond acceptors (Lipinski definition) is 1. The molecule has 1 saturated heterocycles. The maximum atomic E-state index is 2.62. The fourth-order valence-corrected chi connectivity index (χ4v) is 2.85. The van der Waals surface area contributed by atoms with E-state index in [2.05, 4.69) is 36.9 Å². The zero-order valence-electron chi connectivity index (χ0n) is 10.4. The van der Waals surface area contributed by atoms with E-state index in [0.29, 0.717) is 5.92 Å². The van der Waals surface area contributed by atoms with E-state index in [4.69, 9.17) is 0 Å². The molecule has 1 aliphatic heterocycles. The van der Waals surface area contributed by atoms with E-state index in [1.165, 1.54) is 37.9 Å². The van der Waals surface area contributed by atoms with E-state index < -0.39 is 0 Å². The van der Waals surface area contributed by atoms with Crippen molar-refractivity contribution in [2.45, 2.75) is 45.1 Å². The summed E-state index contributed by atoms with van der Waals surface area (Å²) in [5.74, 6) is 0.659. The van der Waals surface area contributed by atoms with Crippen LogP contribution in [-0.2, 0) is 12.8 Å². The maximum Gasteiger partial charge on any atom is 0.0140 e. The number of nitrogens with zero attached hydrogens (tertiary/aromatic N) is 1. The van der Waals surface area contributed by atoms with Crippen LogP contribution in [0.5, 0.6) is 0 Å². The predicted molar refractivity (Wildman–Crippen MR) is 67.9 cm³/mol. The van der Waals surface area contributed by atoms with Crippen LogP contribution in [0.25, 0.3) is 0 Å². The predicted octanol–water partition coefficient (Wildman–Crippen LogP) is 2.98. The fourth-order valence-electron chi connectivity index (χ4n) is 2.85. The molecule has 0 aromatic heterocycles. The second kappa shape index (κ2) is 3.89. The molecule has 0 saturated carbocycles. The van der Waals surface area contributed by atoms with Crippen LogP contribution in [0.4, 0.5) is 0 Å². The molecule has 1 atom stereocenters. The van der Waals surface area contributed by atoms with E-state index in [9.17, 15) is 0 Å². The van der Waals surface area contributed by atoms with Gasteiger partial charge in [-0.3, -0.25) is 4.90 Å². The van der Waals surface area contributed by atoms with Gasteiger partial charge in [-0.25, -0.2) is 0 Å². The van der Waals surface area contributed by atoms with E-state index >= 15 is 0 Å². The Morgan fingerprint density at radius 2 is 2.00 bits per heavy atom. The normalized spacial score (nSPS) is 24.6. The Hall–Kier alpha value is -0.820. The molecule has 1 aromatic carbocycles. The van der Waals surface area contributed by atoms with Gasteiger partial charge in [-0.2, -0.15) is 0 Å². The smallest absolute Gasteiger partial charge is 0.0140 e. The zero-order chi connectivity index (χ0) is 11.1. The number of aryl methyl sites for hydroxylation is 1. The molecule has 16 heavy (non-hydrogen) atoms. The molecule has 1 fully saturated rings. The van der Waals surface area contributed by atoms with Crippen molar-refractivity contribution in [1.82, 2.24) is 4.90 Å². The molecule has 86 valence electrons. The Balaban J connectivity index is 1.86. The van der Waals surface area contributed by atoms with Gasteiger partial charge in [0.25, 0.3) is 0 Å². The van der Waals surface area contributed by atoms with Crippen molar-refractivity contribution in [1.29, 1.82) is 0 Å². The van der Waals surface area contributed by atoms with E-state index in [1.807, 2.05) is 0 Å². The highest BCUT2D eigenvalue weighted by molar-refractivity contribution is 5.36. The van der Waals surface area contributed by atoms with Gasteiger partial charge in [-0.15, -0.1) is 0 Å². The summed E-state index contributed by atoms with van der Waals surface area (Å²) < 4.78 is 0. The van der Waals surface area contributed by atoms with Gasteiger partial charge < -0.3 is 0 Å². The molecule has 1 aliphatic carbocycles. The quantitative estimate of drug-likeness (QED) is 0.685. The molecule has 0 amide bonds. The lowest BCUT2D eigenvalue weighted by atomic mass is 9.85. The molecular formula is C15H21N. The summed E-state index contributed by atoms with van der Waals surface area (Å²) in [4.78, 5) is 2.62. The highest BCUT2D eigenvalue weighted by Gasteiger charge is 2.30. The van der Waals surface area contributed by atoms with Crippen molar-refractivity contribution in [2.24, 2.45) is 0 Å². The van der Waals surface area contributed by atoms with E-state index in [0.717, 1.165) is 6.04 Å². The third kappa shape index (κ3) is 1.89. The largest absolute Gasteiger partial charge is 0.298 e. The highest BCUT2D eigenvalue weighted by Crippen LogP contribution is 2.29. The van der Waals surface area contributed by atoms with Gasteiger partial charge in [0.2, 0.25) is 0 Å². The first-order chi connectivity index (χ1) is 7.74. The van der Waals surface area contributed by atoms with Crippen LogP contribution in [0.1, 0.15) is 42.9 Å². The summed E-state index contributed by atoms with van der Waals surface area (Å²) in [7, 11) is 0. The Labute approximate surface area is 98.5 Å². The molecule has 0 N–H and O–H groups in total. The lowest BCUT2D eigenvalue weighted by molar-refractivity contribution is 0.359. The summed E-state index contributed by atoms with van der Waals surface area (Å²) in [6.45, 7) is 7.24. The maximum absolute atomic E-state index is 2.62. The van der Waals surface area contributed by atoms with E-state index in [-0.39, 0.29) is 0 Å². The lowest BCUT2D eigenvalue weighted by Gasteiger charge is -2.26. The second-order valence-corrected chi connectivity index (χ2v) is 5.62. The van der Waals surface area contributed by atoms with Gasteiger partial charge in [0.1, 0.15) is 0 Å². The summed E-state index contributed by atoms with van der Waals surface area (Å²) >= 11 is 0. The monoisotopic (exact) mass is 215 g/mol. The van der Waals surface area contributed by atoms with Crippen molar-refractivity contribution in [3.63, 3.8) is 0 Å². The minimum Gasteiger partial charge on any atom is -0.298 e. The van der Waals surface area contributed by atoms with Gasteiger partial charge in [0.15, 0.2) is 0 Å². The SMILES string of the molecule is CC(C)c1ccc2c(c1)CC(N1CC1)CC2. The van der Waals surface area contributed by atoms with Gasteiger partial charge >= 0.3 is 0 Å². The molecule has 3 rings (SSSR count). The molecule has 1 heterocycles. The van der Waals surface area contributed by atoms with Crippen LogP contribution in [0.2, 0.25) is 0 Å². The lowest BCUT2D eigenvalue weighted by Crippen LogP contribution is -2.26. The van der Waals surface area contributed by atoms with Crippen LogP contribution >= 0.6 is 0 Å². The van der Waals surface area contributed by atoms with Crippen LogP contribution in [-0.4, -0.2) is 24.0 Å². The van der Waals surface area contributed by atoms with Gasteiger partial charge in [-0.05, 0) is 41.9 Å². The van der Waals surface area contributed by atoms with Crippen molar-refractivity contribution in [3.8, 4) is 0 Å². The van der Waals surface area contributed by atoms with Crippen LogP contribution in [0, 0.1) is 0 Å². The van der Waals surface area contributed by atoms with Crippen LogP contribution in [0.15, 0.2) is 18.2 Å². The van der Waals surface area contributed by atoms with Gasteiger partial charge in [-0.1, -0.05) is 32.0 Å². The molecule has 1 nitrogen and oxygen atoms in total. The molecule has 0 bridgehead atoms. The Morgan fingerprint density at radius 3 is 2.69 bits per heavy atom. The Bertz CT molecular complexity index is 390. The Morgan fingerprint density at radius 1 is 1.19 bits per heavy atom. The summed E-state index contributed by atoms with van der Waals surface area (Å²) in [5.41, 5.74) is 4.72. The second-order valence-electron chi connectivity index (χ2n) is 5.62. The molecule has 1 aromatic rings. The first-order valence-corrected chi connectivity index (χ1v) is 6.60. The Kier molecular flexibility index (Phi) is 2.51. The number of hydrogen-bond donors (Lipinski definition) is 0. The highest BCUT2D eigenvalue weighted by atomic mass is 15.3. The molecule has 0 radical (unpaired) electrons. The first kappa shape index (κ1) is 10.3. The standard InChI is InChI=1S/C15H21N/c1-11(2)13-4-3-12-5-6-15(16-7-8-16)10-14(12)9-13/h3-4,9,11,15H,5-8,10H2,1-2H3. The van der Waals surface area contributed by atoms with Crippen molar-refractivity contribution in [3.05, 3.63) is 34.9 Å². The van der Waals surface area contributed by atoms with Gasteiger partial charge in [0.05, 0.1) is 0 Å².